The molecule has 0 aliphatic carbocycles. The third-order valence-corrected chi connectivity index (χ3v) is 4.38. The third-order valence-electron chi connectivity index (χ3n) is 4.38. The van der Waals surface area contributed by atoms with Gasteiger partial charge in [-0.2, -0.15) is 10.4 Å². The van der Waals surface area contributed by atoms with Gasteiger partial charge in [0, 0.05) is 40.3 Å². The molecule has 132 valence electrons. The summed E-state index contributed by atoms with van der Waals surface area (Å²) < 4.78 is 1.75. The van der Waals surface area contributed by atoms with Crippen molar-refractivity contribution < 1.29 is 4.79 Å². The summed E-state index contributed by atoms with van der Waals surface area (Å²) in [6.45, 7) is 4.21. The van der Waals surface area contributed by atoms with Gasteiger partial charge >= 0.3 is 0 Å². The van der Waals surface area contributed by atoms with Crippen LogP contribution in [0.2, 0.25) is 0 Å². The average molecular weight is 342 g/mol. The van der Waals surface area contributed by atoms with Gasteiger partial charge in [0.1, 0.15) is 12.1 Å². The fourth-order valence-corrected chi connectivity index (χ4v) is 2.90. The lowest BCUT2D eigenvalue weighted by molar-refractivity contribution is -0.129. The standard InChI is InChI=1S/C16H22N8O/c1-21(2)14(25)11-22-6-8-23(9-7-22)15-13-10-20-24(5-3-4-17)16(13)19-12-18-15/h10,12H,3,5-9,11H2,1-2H3. The fourth-order valence-electron chi connectivity index (χ4n) is 2.90. The first-order chi connectivity index (χ1) is 12.1. The minimum atomic E-state index is 0.122. The molecule has 3 rings (SSSR count). The molecular formula is C16H22N8O. The zero-order chi connectivity index (χ0) is 17.8. The van der Waals surface area contributed by atoms with Crippen molar-refractivity contribution in [1.82, 2.24) is 29.5 Å². The number of fused-ring (bicyclic) bond motifs is 1. The quantitative estimate of drug-likeness (QED) is 0.752. The number of nitrogens with zero attached hydrogens (tertiary/aromatic N) is 8. The van der Waals surface area contributed by atoms with Crippen molar-refractivity contribution in [3.05, 3.63) is 12.5 Å². The van der Waals surface area contributed by atoms with Gasteiger partial charge in [0.2, 0.25) is 5.91 Å². The number of carbonyl (C=O) groups excluding carboxylic acids is 1. The lowest BCUT2D eigenvalue weighted by Crippen LogP contribution is -2.49. The van der Waals surface area contributed by atoms with Gasteiger partial charge in [0.15, 0.2) is 5.65 Å². The molecule has 1 fully saturated rings. The van der Waals surface area contributed by atoms with Crippen LogP contribution < -0.4 is 4.90 Å². The number of hydrogen-bond acceptors (Lipinski definition) is 7. The van der Waals surface area contributed by atoms with Crippen LogP contribution in [0.5, 0.6) is 0 Å². The van der Waals surface area contributed by atoms with Crippen LogP contribution >= 0.6 is 0 Å². The Kier molecular flexibility index (Phi) is 5.09. The lowest BCUT2D eigenvalue weighted by atomic mass is 10.2. The Hall–Kier alpha value is -2.73. The number of rotatable bonds is 5. The molecule has 0 unspecified atom stereocenters. The highest BCUT2D eigenvalue weighted by molar-refractivity contribution is 5.86. The first-order valence-electron chi connectivity index (χ1n) is 8.31. The molecule has 0 N–H and O–H groups in total. The van der Waals surface area contributed by atoms with Gasteiger partial charge in [-0.3, -0.25) is 9.69 Å². The predicted molar refractivity (Wildman–Crippen MR) is 92.9 cm³/mol. The molecule has 9 nitrogen and oxygen atoms in total. The van der Waals surface area contributed by atoms with Crippen molar-refractivity contribution in [2.24, 2.45) is 0 Å². The summed E-state index contributed by atoms with van der Waals surface area (Å²) in [4.78, 5) is 26.6. The molecule has 1 aliphatic heterocycles. The molecular weight excluding hydrogens is 320 g/mol. The molecule has 3 heterocycles. The molecule has 1 amide bonds. The van der Waals surface area contributed by atoms with Crippen LogP contribution in [-0.2, 0) is 11.3 Å². The monoisotopic (exact) mass is 342 g/mol. The maximum Gasteiger partial charge on any atom is 0.236 e. The van der Waals surface area contributed by atoms with Crippen LogP contribution in [0.15, 0.2) is 12.5 Å². The molecule has 0 radical (unpaired) electrons. The first-order valence-corrected chi connectivity index (χ1v) is 8.31. The van der Waals surface area contributed by atoms with E-state index in [9.17, 15) is 4.79 Å². The number of hydrogen-bond donors (Lipinski definition) is 0. The molecule has 0 saturated carbocycles. The number of anilines is 1. The highest BCUT2D eigenvalue weighted by Gasteiger charge is 2.22. The van der Waals surface area contributed by atoms with E-state index in [0.717, 1.165) is 43.0 Å². The highest BCUT2D eigenvalue weighted by Crippen LogP contribution is 2.23. The van der Waals surface area contributed by atoms with Gasteiger partial charge in [0.25, 0.3) is 0 Å². The molecule has 1 saturated heterocycles. The van der Waals surface area contributed by atoms with E-state index in [4.69, 9.17) is 5.26 Å². The minimum Gasteiger partial charge on any atom is -0.353 e. The summed E-state index contributed by atoms with van der Waals surface area (Å²) in [5.41, 5.74) is 0.755. The number of piperazine rings is 1. The summed E-state index contributed by atoms with van der Waals surface area (Å²) in [6.07, 6.45) is 3.71. The van der Waals surface area contributed by atoms with Gasteiger partial charge in [-0.05, 0) is 0 Å². The normalized spacial score (nSPS) is 15.3. The molecule has 0 bridgehead atoms. The molecule has 9 heteroatoms. The van der Waals surface area contributed by atoms with E-state index in [-0.39, 0.29) is 5.91 Å². The lowest BCUT2D eigenvalue weighted by Gasteiger charge is -2.35. The second kappa shape index (κ2) is 7.44. The van der Waals surface area contributed by atoms with Crippen LogP contribution in [0.4, 0.5) is 5.82 Å². The second-order valence-corrected chi connectivity index (χ2v) is 6.26. The maximum atomic E-state index is 11.8. The summed E-state index contributed by atoms with van der Waals surface area (Å²) in [5, 5.41) is 14.0. The molecule has 1 aliphatic rings. The van der Waals surface area contributed by atoms with Crippen LogP contribution in [0.1, 0.15) is 6.42 Å². The summed E-state index contributed by atoms with van der Waals surface area (Å²) in [7, 11) is 3.56. The number of carbonyl (C=O) groups is 1. The fraction of sp³-hybridized carbons (Fsp3) is 0.562. The van der Waals surface area contributed by atoms with Crippen molar-refractivity contribution in [2.45, 2.75) is 13.0 Å². The number of aryl methyl sites for hydroxylation is 1. The van der Waals surface area contributed by atoms with Gasteiger partial charge in [-0.15, -0.1) is 0 Å². The Bertz CT molecular complexity index is 785. The zero-order valence-electron chi connectivity index (χ0n) is 14.6. The van der Waals surface area contributed by atoms with Crippen LogP contribution in [-0.4, -0.2) is 82.3 Å². The van der Waals surface area contributed by atoms with E-state index in [1.807, 2.05) is 0 Å². The van der Waals surface area contributed by atoms with Gasteiger partial charge in [-0.25, -0.2) is 14.6 Å². The third kappa shape index (κ3) is 3.69. The molecule has 0 spiro atoms. The smallest absolute Gasteiger partial charge is 0.236 e. The number of nitriles is 1. The minimum absolute atomic E-state index is 0.122. The number of amides is 1. The Morgan fingerprint density at radius 2 is 2.04 bits per heavy atom. The van der Waals surface area contributed by atoms with E-state index >= 15 is 0 Å². The first kappa shape index (κ1) is 17.1. The summed E-state index contributed by atoms with van der Waals surface area (Å²) in [6, 6.07) is 2.13. The predicted octanol–water partition coefficient (Wildman–Crippen LogP) is -0.0498. The Balaban J connectivity index is 1.70. The van der Waals surface area contributed by atoms with E-state index in [2.05, 4.69) is 30.9 Å². The molecule has 0 aromatic carbocycles. The average Bonchev–Trinajstić information content (AvgIpc) is 3.03. The van der Waals surface area contributed by atoms with E-state index in [1.165, 1.54) is 0 Å². The van der Waals surface area contributed by atoms with Crippen molar-refractivity contribution in [1.29, 1.82) is 5.26 Å². The van der Waals surface area contributed by atoms with Crippen molar-refractivity contribution >= 4 is 22.8 Å². The van der Waals surface area contributed by atoms with E-state index in [0.29, 0.717) is 19.5 Å². The van der Waals surface area contributed by atoms with E-state index in [1.54, 1.807) is 36.2 Å². The van der Waals surface area contributed by atoms with Crippen molar-refractivity contribution in [3.63, 3.8) is 0 Å². The van der Waals surface area contributed by atoms with E-state index < -0.39 is 0 Å². The maximum absolute atomic E-state index is 11.8. The van der Waals surface area contributed by atoms with Crippen LogP contribution in [0.25, 0.3) is 11.0 Å². The largest absolute Gasteiger partial charge is 0.353 e. The SMILES string of the molecule is CN(C)C(=O)CN1CCN(c2ncnc3c2cnn3CCC#N)CC1. The Labute approximate surface area is 146 Å². The van der Waals surface area contributed by atoms with Crippen molar-refractivity contribution in [2.75, 3.05) is 51.7 Å². The molecule has 25 heavy (non-hydrogen) atoms. The summed E-state index contributed by atoms with van der Waals surface area (Å²) >= 11 is 0. The van der Waals surface area contributed by atoms with Crippen LogP contribution in [0.3, 0.4) is 0 Å². The molecule has 0 atom stereocenters. The van der Waals surface area contributed by atoms with Crippen LogP contribution in [0, 0.1) is 11.3 Å². The number of aromatic nitrogens is 4. The Morgan fingerprint density at radius 1 is 1.28 bits per heavy atom. The summed E-state index contributed by atoms with van der Waals surface area (Å²) in [5.74, 6) is 0.989. The van der Waals surface area contributed by atoms with Gasteiger partial charge < -0.3 is 9.80 Å². The van der Waals surface area contributed by atoms with Gasteiger partial charge in [-0.1, -0.05) is 0 Å². The highest BCUT2D eigenvalue weighted by atomic mass is 16.2. The van der Waals surface area contributed by atoms with Gasteiger partial charge in [0.05, 0.1) is 37.2 Å². The molecule has 2 aromatic rings. The molecule has 2 aromatic heterocycles. The zero-order valence-corrected chi connectivity index (χ0v) is 14.6. The topological polar surface area (TPSA) is 94.2 Å². The second-order valence-electron chi connectivity index (χ2n) is 6.26. The number of likely N-dealkylation sites (N-methyl/N-ethyl adjacent to an activating group) is 1. The van der Waals surface area contributed by atoms with Crippen molar-refractivity contribution in [3.8, 4) is 6.07 Å². The Morgan fingerprint density at radius 3 is 2.72 bits per heavy atom.